The summed E-state index contributed by atoms with van der Waals surface area (Å²) in [5.41, 5.74) is 1.88. The van der Waals surface area contributed by atoms with Crippen LogP contribution >= 0.6 is 23.4 Å². The lowest BCUT2D eigenvalue weighted by atomic mass is 10.1. The van der Waals surface area contributed by atoms with Gasteiger partial charge in [-0.1, -0.05) is 60.1 Å². The molecule has 7 heteroatoms. The van der Waals surface area contributed by atoms with Crippen LogP contribution < -0.4 is 4.74 Å². The Morgan fingerprint density at radius 2 is 1.77 bits per heavy atom. The van der Waals surface area contributed by atoms with E-state index < -0.39 is 17.0 Å². The summed E-state index contributed by atoms with van der Waals surface area (Å²) >= 11 is 6.85. The molecular formula is C24H17ClFNO3S. The summed E-state index contributed by atoms with van der Waals surface area (Å²) in [6.07, 6.45) is 1.63. The summed E-state index contributed by atoms with van der Waals surface area (Å²) in [7, 11) is 0. The van der Waals surface area contributed by atoms with E-state index >= 15 is 0 Å². The van der Waals surface area contributed by atoms with Crippen LogP contribution in [-0.4, -0.2) is 16.0 Å². The van der Waals surface area contributed by atoms with Crippen molar-refractivity contribution >= 4 is 40.6 Å². The number of hydrogen-bond donors (Lipinski definition) is 0. The minimum atomic E-state index is -0.557. The topological polar surface area (TPSA) is 46.6 Å². The Morgan fingerprint density at radius 3 is 2.55 bits per heavy atom. The van der Waals surface area contributed by atoms with Gasteiger partial charge >= 0.3 is 0 Å². The molecule has 1 aliphatic rings. The van der Waals surface area contributed by atoms with Crippen LogP contribution in [0.2, 0.25) is 5.02 Å². The normalized spacial score (nSPS) is 15.0. The minimum Gasteiger partial charge on any atom is -0.489 e. The second-order valence-corrected chi connectivity index (χ2v) is 8.22. The number of nitrogens with zero attached hydrogens (tertiary/aromatic N) is 1. The lowest BCUT2D eigenvalue weighted by Crippen LogP contribution is -2.28. The smallest absolute Gasteiger partial charge is 0.293 e. The summed E-state index contributed by atoms with van der Waals surface area (Å²) in [5, 5.41) is -0.293. The van der Waals surface area contributed by atoms with Crippen molar-refractivity contribution in [3.05, 3.63) is 105 Å². The average Bonchev–Trinajstić information content (AvgIpc) is 3.03. The maximum absolute atomic E-state index is 14.1. The highest BCUT2D eigenvalue weighted by molar-refractivity contribution is 8.18. The summed E-state index contributed by atoms with van der Waals surface area (Å²) in [6, 6.07) is 21.3. The van der Waals surface area contributed by atoms with E-state index in [0.29, 0.717) is 12.4 Å². The van der Waals surface area contributed by atoms with Crippen LogP contribution in [0.25, 0.3) is 6.08 Å². The number of thioether (sulfide) groups is 1. The molecular weight excluding hydrogens is 437 g/mol. The zero-order chi connectivity index (χ0) is 21.8. The maximum atomic E-state index is 14.1. The predicted octanol–water partition coefficient (Wildman–Crippen LogP) is 6.29. The number of hydrogen-bond acceptors (Lipinski definition) is 4. The summed E-state index contributed by atoms with van der Waals surface area (Å²) in [6.45, 7) is 0.206. The summed E-state index contributed by atoms with van der Waals surface area (Å²) in [5.74, 6) is -0.390. The molecule has 0 saturated carbocycles. The number of rotatable bonds is 6. The van der Waals surface area contributed by atoms with Crippen LogP contribution in [0.4, 0.5) is 9.18 Å². The third kappa shape index (κ3) is 4.98. The quantitative estimate of drug-likeness (QED) is 0.411. The van der Waals surface area contributed by atoms with E-state index in [4.69, 9.17) is 16.3 Å². The highest BCUT2D eigenvalue weighted by atomic mass is 35.5. The molecule has 2 amide bonds. The third-order valence-corrected chi connectivity index (χ3v) is 5.92. The van der Waals surface area contributed by atoms with Gasteiger partial charge in [0.15, 0.2) is 0 Å². The number of halogens is 2. The maximum Gasteiger partial charge on any atom is 0.293 e. The second-order valence-electron chi connectivity index (χ2n) is 6.81. The van der Waals surface area contributed by atoms with Crippen molar-refractivity contribution in [3.63, 3.8) is 0 Å². The first-order chi connectivity index (χ1) is 15.0. The predicted molar refractivity (Wildman–Crippen MR) is 120 cm³/mol. The van der Waals surface area contributed by atoms with Crippen molar-refractivity contribution in [2.24, 2.45) is 0 Å². The second kappa shape index (κ2) is 9.37. The highest BCUT2D eigenvalue weighted by Crippen LogP contribution is 2.35. The van der Waals surface area contributed by atoms with Gasteiger partial charge in [-0.3, -0.25) is 14.5 Å². The molecule has 1 aliphatic heterocycles. The van der Waals surface area contributed by atoms with E-state index in [1.54, 1.807) is 12.1 Å². The fourth-order valence-corrected chi connectivity index (χ4v) is 4.13. The molecule has 1 heterocycles. The molecule has 0 aromatic heterocycles. The SMILES string of the molecule is O=C1S/C(=C\c2cccc(OCc3ccccc3)c2)C(=O)N1Cc1c(F)cccc1Cl. The van der Waals surface area contributed by atoms with Crippen LogP contribution in [0.1, 0.15) is 16.7 Å². The number of amides is 2. The molecule has 0 atom stereocenters. The first-order valence-corrected chi connectivity index (χ1v) is 10.7. The first kappa shape index (κ1) is 21.2. The van der Waals surface area contributed by atoms with Gasteiger partial charge in [-0.2, -0.15) is 0 Å². The Balaban J connectivity index is 1.49. The number of ether oxygens (including phenoxy) is 1. The lowest BCUT2D eigenvalue weighted by molar-refractivity contribution is -0.123. The van der Waals surface area contributed by atoms with Gasteiger partial charge in [-0.05, 0) is 53.2 Å². The zero-order valence-corrected chi connectivity index (χ0v) is 17.8. The van der Waals surface area contributed by atoms with Gasteiger partial charge in [0.1, 0.15) is 18.2 Å². The van der Waals surface area contributed by atoms with Gasteiger partial charge in [0.05, 0.1) is 11.4 Å². The molecule has 1 saturated heterocycles. The standard InChI is InChI=1S/C24H17ClFNO3S/c25-20-10-5-11-21(26)19(20)14-27-23(28)22(31-24(27)29)13-17-8-4-9-18(12-17)30-15-16-6-2-1-3-7-16/h1-13H,14-15H2/b22-13-. The molecule has 0 bridgehead atoms. The third-order valence-electron chi connectivity index (χ3n) is 4.66. The van der Waals surface area contributed by atoms with Crippen LogP contribution in [0.3, 0.4) is 0 Å². The van der Waals surface area contributed by atoms with Gasteiger partial charge < -0.3 is 4.74 Å². The Bertz CT molecular complexity index is 1150. The molecule has 0 radical (unpaired) electrons. The Labute approximate surface area is 188 Å². The van der Waals surface area contributed by atoms with Gasteiger partial charge in [0, 0.05) is 10.6 Å². The summed E-state index contributed by atoms with van der Waals surface area (Å²) in [4.78, 5) is 26.4. The fourth-order valence-electron chi connectivity index (χ4n) is 3.06. The highest BCUT2D eigenvalue weighted by Gasteiger charge is 2.35. The molecule has 31 heavy (non-hydrogen) atoms. The molecule has 0 aliphatic carbocycles. The molecule has 1 fully saturated rings. The molecule has 0 N–H and O–H groups in total. The number of carbonyl (C=O) groups excluding carboxylic acids is 2. The molecule has 4 rings (SSSR count). The number of imide groups is 1. The Morgan fingerprint density at radius 1 is 1.00 bits per heavy atom. The minimum absolute atomic E-state index is 0.115. The first-order valence-electron chi connectivity index (χ1n) is 9.46. The van der Waals surface area contributed by atoms with Gasteiger partial charge in [-0.15, -0.1) is 0 Å². The van der Waals surface area contributed by atoms with Crippen molar-refractivity contribution in [2.45, 2.75) is 13.2 Å². The van der Waals surface area contributed by atoms with Crippen LogP contribution in [-0.2, 0) is 17.9 Å². The van der Waals surface area contributed by atoms with Crippen molar-refractivity contribution in [1.29, 1.82) is 0 Å². The lowest BCUT2D eigenvalue weighted by Gasteiger charge is -2.14. The summed E-state index contributed by atoms with van der Waals surface area (Å²) < 4.78 is 19.9. The van der Waals surface area contributed by atoms with Crippen LogP contribution in [0, 0.1) is 5.82 Å². The molecule has 0 spiro atoms. The monoisotopic (exact) mass is 453 g/mol. The molecule has 156 valence electrons. The van der Waals surface area contributed by atoms with Crippen molar-refractivity contribution in [2.75, 3.05) is 0 Å². The van der Waals surface area contributed by atoms with Gasteiger partial charge in [0.25, 0.3) is 11.1 Å². The van der Waals surface area contributed by atoms with Crippen molar-refractivity contribution < 1.29 is 18.7 Å². The average molecular weight is 454 g/mol. The Hall–Kier alpha value is -3.09. The van der Waals surface area contributed by atoms with Crippen molar-refractivity contribution in [1.82, 2.24) is 4.90 Å². The largest absolute Gasteiger partial charge is 0.489 e. The number of benzene rings is 3. The van der Waals surface area contributed by atoms with Crippen LogP contribution in [0.5, 0.6) is 5.75 Å². The van der Waals surface area contributed by atoms with E-state index in [9.17, 15) is 14.0 Å². The zero-order valence-electron chi connectivity index (χ0n) is 16.3. The van der Waals surface area contributed by atoms with Crippen LogP contribution in [0.15, 0.2) is 77.7 Å². The number of carbonyl (C=O) groups is 2. The van der Waals surface area contributed by atoms with Gasteiger partial charge in [-0.25, -0.2) is 4.39 Å². The van der Waals surface area contributed by atoms with E-state index in [-0.39, 0.29) is 22.0 Å². The van der Waals surface area contributed by atoms with E-state index in [2.05, 4.69) is 0 Å². The fraction of sp³-hybridized carbons (Fsp3) is 0.0833. The van der Waals surface area contributed by atoms with E-state index in [1.165, 1.54) is 18.2 Å². The van der Waals surface area contributed by atoms with Gasteiger partial charge in [0.2, 0.25) is 0 Å². The van der Waals surface area contributed by atoms with E-state index in [0.717, 1.165) is 27.8 Å². The Kier molecular flexibility index (Phi) is 6.39. The van der Waals surface area contributed by atoms with Crippen molar-refractivity contribution in [3.8, 4) is 5.75 Å². The molecule has 4 nitrogen and oxygen atoms in total. The molecule has 3 aromatic rings. The van der Waals surface area contributed by atoms with E-state index in [1.807, 2.05) is 48.5 Å². The molecule has 0 unspecified atom stereocenters. The molecule has 3 aromatic carbocycles.